The third-order valence-electron chi connectivity index (χ3n) is 9.98. The zero-order valence-corrected chi connectivity index (χ0v) is 18.8. The first-order valence-corrected chi connectivity index (χ1v) is 12.1. The van der Waals surface area contributed by atoms with E-state index in [1.54, 1.807) is 7.11 Å². The molecule has 0 bridgehead atoms. The van der Waals surface area contributed by atoms with Crippen molar-refractivity contribution in [1.82, 2.24) is 0 Å². The molecule has 0 radical (unpaired) electrons. The van der Waals surface area contributed by atoms with Gasteiger partial charge in [-0.3, -0.25) is 0 Å². The molecule has 2 N–H and O–H groups in total. The maximum absolute atomic E-state index is 11.4. The van der Waals surface area contributed by atoms with E-state index in [-0.39, 0.29) is 17.6 Å². The summed E-state index contributed by atoms with van der Waals surface area (Å²) in [6.07, 6.45) is 10.9. The van der Waals surface area contributed by atoms with Crippen LogP contribution in [0.25, 0.3) is 6.08 Å². The number of rotatable bonds is 2. The van der Waals surface area contributed by atoms with Gasteiger partial charge in [-0.15, -0.1) is 0 Å². The van der Waals surface area contributed by atoms with Gasteiger partial charge in [0.25, 0.3) is 0 Å². The first-order chi connectivity index (χ1) is 14.3. The number of fused-ring (bicyclic) bond motifs is 5. The molecule has 4 aliphatic carbocycles. The van der Waals surface area contributed by atoms with Gasteiger partial charge in [0.05, 0.1) is 19.3 Å². The predicted octanol–water partition coefficient (Wildman–Crippen LogP) is 5.45. The fourth-order valence-electron chi connectivity index (χ4n) is 8.15. The van der Waals surface area contributed by atoms with E-state index in [0.29, 0.717) is 17.3 Å². The highest BCUT2D eigenvalue weighted by Crippen LogP contribution is 2.67. The molecule has 3 heteroatoms. The molecule has 5 rings (SSSR count). The van der Waals surface area contributed by atoms with Gasteiger partial charge in [-0.2, -0.15) is 0 Å². The average Bonchev–Trinajstić information content (AvgIpc) is 3.00. The molecule has 4 fully saturated rings. The van der Waals surface area contributed by atoms with Crippen LogP contribution in [-0.2, 0) is 0 Å². The van der Waals surface area contributed by atoms with E-state index in [1.165, 1.54) is 31.3 Å². The smallest absolute Gasteiger partial charge is 0.118 e. The van der Waals surface area contributed by atoms with Crippen LogP contribution < -0.4 is 4.74 Å². The first-order valence-electron chi connectivity index (χ1n) is 12.1. The zero-order chi connectivity index (χ0) is 21.1. The van der Waals surface area contributed by atoms with E-state index in [9.17, 15) is 10.2 Å². The average molecular weight is 411 g/mol. The van der Waals surface area contributed by atoms with Crippen molar-refractivity contribution >= 4 is 6.08 Å². The largest absolute Gasteiger partial charge is 0.497 e. The van der Waals surface area contributed by atoms with Crippen LogP contribution in [0.4, 0.5) is 0 Å². The minimum absolute atomic E-state index is 0.0108. The van der Waals surface area contributed by atoms with Crippen molar-refractivity contribution in [3.63, 3.8) is 0 Å². The third-order valence-corrected chi connectivity index (χ3v) is 9.98. The Morgan fingerprint density at radius 1 is 0.933 bits per heavy atom. The fraction of sp³-hybridized carbons (Fsp3) is 0.704. The lowest BCUT2D eigenvalue weighted by Gasteiger charge is -2.60. The van der Waals surface area contributed by atoms with Gasteiger partial charge in [0.1, 0.15) is 5.75 Å². The number of ether oxygens (including phenoxy) is 1. The first kappa shape index (κ1) is 20.6. The number of hydrogen-bond acceptors (Lipinski definition) is 3. The molecule has 8 atom stereocenters. The number of methoxy groups -OCH3 is 1. The number of hydrogen-bond donors (Lipinski definition) is 2. The number of aliphatic hydroxyl groups excluding tert-OH is 2. The van der Waals surface area contributed by atoms with Gasteiger partial charge in [0, 0.05) is 5.41 Å². The maximum Gasteiger partial charge on any atom is 0.118 e. The van der Waals surface area contributed by atoms with Gasteiger partial charge in [0.15, 0.2) is 0 Å². The fourth-order valence-corrected chi connectivity index (χ4v) is 8.15. The van der Waals surface area contributed by atoms with Gasteiger partial charge < -0.3 is 14.9 Å². The Morgan fingerprint density at radius 2 is 1.67 bits per heavy atom. The molecule has 0 aromatic heterocycles. The molecule has 30 heavy (non-hydrogen) atoms. The van der Waals surface area contributed by atoms with Gasteiger partial charge in [-0.1, -0.05) is 32.1 Å². The highest BCUT2D eigenvalue weighted by Gasteiger charge is 2.61. The van der Waals surface area contributed by atoms with E-state index in [4.69, 9.17) is 4.74 Å². The molecular formula is C27H38O3. The summed E-state index contributed by atoms with van der Waals surface area (Å²) in [5.41, 5.74) is 2.77. The molecule has 1 aromatic carbocycles. The normalized spacial score (nSPS) is 46.8. The van der Waals surface area contributed by atoms with Crippen molar-refractivity contribution in [2.75, 3.05) is 7.11 Å². The summed E-state index contributed by atoms with van der Waals surface area (Å²) in [5, 5.41) is 21.6. The molecule has 0 unspecified atom stereocenters. The zero-order valence-electron chi connectivity index (χ0n) is 18.8. The SMILES string of the molecule is COc1ccc(/C=C2\C[C@H]3[C@@H]4CC[C@H]5C[C@H](O)CC[C@]5(C)[C@H]4CC[C@]3(C)[C@H]2O)cc1. The van der Waals surface area contributed by atoms with Crippen LogP contribution in [0.2, 0.25) is 0 Å². The van der Waals surface area contributed by atoms with Gasteiger partial charge in [0.2, 0.25) is 0 Å². The van der Waals surface area contributed by atoms with E-state index >= 15 is 0 Å². The van der Waals surface area contributed by atoms with Crippen molar-refractivity contribution in [2.24, 2.45) is 34.5 Å². The van der Waals surface area contributed by atoms with Crippen LogP contribution in [-0.4, -0.2) is 29.5 Å². The Labute approximate surface area is 181 Å². The molecule has 4 aliphatic rings. The van der Waals surface area contributed by atoms with Crippen LogP contribution >= 0.6 is 0 Å². The maximum atomic E-state index is 11.4. The number of aliphatic hydroxyl groups is 2. The summed E-state index contributed by atoms with van der Waals surface area (Å²) in [5.74, 6) is 3.62. The standard InChI is InChI=1S/C27H38O3/c1-26-12-10-20(28)16-19(26)6-9-22-23(26)11-13-27(2)24(22)15-18(25(27)29)14-17-4-7-21(30-3)8-5-17/h4-5,7-8,14,19-20,22-25,28-29H,6,9-13,15-16H2,1-3H3/b18-14+/t19-,20+,22+,23-,24-,25-,26-,27-/m0/s1. The minimum atomic E-state index is -0.329. The Morgan fingerprint density at radius 3 is 2.40 bits per heavy atom. The van der Waals surface area contributed by atoms with Gasteiger partial charge in [-0.05, 0) is 104 Å². The predicted molar refractivity (Wildman–Crippen MR) is 120 cm³/mol. The van der Waals surface area contributed by atoms with E-state index in [1.807, 2.05) is 12.1 Å². The molecule has 3 nitrogen and oxygen atoms in total. The monoisotopic (exact) mass is 410 g/mol. The summed E-state index contributed by atoms with van der Waals surface area (Å²) in [4.78, 5) is 0. The Bertz CT molecular complexity index is 814. The van der Waals surface area contributed by atoms with Crippen molar-refractivity contribution in [2.45, 2.75) is 77.4 Å². The Kier molecular flexibility index (Phi) is 5.06. The Balaban J connectivity index is 1.41. The summed E-state index contributed by atoms with van der Waals surface area (Å²) < 4.78 is 5.29. The molecule has 0 aliphatic heterocycles. The summed E-state index contributed by atoms with van der Waals surface area (Å²) in [6.45, 7) is 4.88. The number of benzene rings is 1. The molecule has 0 saturated heterocycles. The molecule has 0 amide bonds. The second-order valence-electron chi connectivity index (χ2n) is 11.2. The van der Waals surface area contributed by atoms with Gasteiger partial charge >= 0.3 is 0 Å². The third kappa shape index (κ3) is 3.07. The van der Waals surface area contributed by atoms with Crippen LogP contribution in [0, 0.1) is 34.5 Å². The minimum Gasteiger partial charge on any atom is -0.497 e. The van der Waals surface area contributed by atoms with Crippen LogP contribution in [0.5, 0.6) is 5.75 Å². The lowest BCUT2D eigenvalue weighted by Crippen LogP contribution is -2.54. The highest BCUT2D eigenvalue weighted by molar-refractivity contribution is 5.56. The quantitative estimate of drug-likeness (QED) is 0.681. The molecule has 0 spiro atoms. The summed E-state index contributed by atoms with van der Waals surface area (Å²) in [6, 6.07) is 8.17. The van der Waals surface area contributed by atoms with Crippen molar-refractivity contribution < 1.29 is 14.9 Å². The molecule has 0 heterocycles. The van der Waals surface area contributed by atoms with E-state index < -0.39 is 0 Å². The topological polar surface area (TPSA) is 49.7 Å². The van der Waals surface area contributed by atoms with E-state index in [2.05, 4.69) is 32.1 Å². The van der Waals surface area contributed by atoms with Crippen molar-refractivity contribution in [3.05, 3.63) is 35.4 Å². The van der Waals surface area contributed by atoms with Crippen molar-refractivity contribution in [1.29, 1.82) is 0 Å². The summed E-state index contributed by atoms with van der Waals surface area (Å²) in [7, 11) is 1.69. The molecule has 1 aromatic rings. The molecular weight excluding hydrogens is 372 g/mol. The second kappa shape index (κ2) is 7.38. The van der Waals surface area contributed by atoms with Crippen LogP contribution in [0.15, 0.2) is 29.8 Å². The highest BCUT2D eigenvalue weighted by atomic mass is 16.5. The van der Waals surface area contributed by atoms with E-state index in [0.717, 1.165) is 48.8 Å². The van der Waals surface area contributed by atoms with Gasteiger partial charge in [-0.25, -0.2) is 0 Å². The van der Waals surface area contributed by atoms with Crippen LogP contribution in [0.1, 0.15) is 70.8 Å². The molecule has 4 saturated carbocycles. The lowest BCUT2D eigenvalue weighted by molar-refractivity contribution is -0.133. The Hall–Kier alpha value is -1.32. The lowest BCUT2D eigenvalue weighted by atomic mass is 9.45. The molecule has 164 valence electrons. The summed E-state index contributed by atoms with van der Waals surface area (Å²) >= 11 is 0. The van der Waals surface area contributed by atoms with Crippen molar-refractivity contribution in [3.8, 4) is 5.75 Å². The second-order valence-corrected chi connectivity index (χ2v) is 11.2. The van der Waals surface area contributed by atoms with Crippen LogP contribution in [0.3, 0.4) is 0 Å².